The van der Waals surface area contributed by atoms with Gasteiger partial charge in [0.05, 0.1) is 6.04 Å². The average Bonchev–Trinajstić information content (AvgIpc) is 2.37. The topological polar surface area (TPSA) is 12.0 Å². The van der Waals surface area contributed by atoms with Crippen LogP contribution in [0, 0.1) is 6.92 Å². The van der Waals surface area contributed by atoms with Crippen LogP contribution in [0.15, 0.2) is 46.9 Å². The molecule has 0 saturated carbocycles. The summed E-state index contributed by atoms with van der Waals surface area (Å²) >= 11 is 9.83. The van der Waals surface area contributed by atoms with Crippen LogP contribution < -0.4 is 5.32 Å². The summed E-state index contributed by atoms with van der Waals surface area (Å²) < 4.78 is 1.00. The summed E-state index contributed by atoms with van der Waals surface area (Å²) in [5.41, 5.74) is 3.61. The average molecular weight is 339 g/mol. The van der Waals surface area contributed by atoms with E-state index in [0.717, 1.165) is 21.6 Å². The molecule has 0 aliphatic heterocycles. The minimum absolute atomic E-state index is 0.130. The van der Waals surface area contributed by atoms with E-state index < -0.39 is 0 Å². The van der Waals surface area contributed by atoms with Gasteiger partial charge in [-0.3, -0.25) is 0 Å². The first-order chi connectivity index (χ1) is 9.11. The number of nitrogens with one attached hydrogen (secondary N) is 1. The second-order valence-electron chi connectivity index (χ2n) is 4.57. The number of rotatable bonds is 4. The van der Waals surface area contributed by atoms with Crippen molar-refractivity contribution in [3.05, 3.63) is 68.7 Å². The maximum absolute atomic E-state index is 6.38. The molecule has 0 aliphatic rings. The highest BCUT2D eigenvalue weighted by molar-refractivity contribution is 9.10. The van der Waals surface area contributed by atoms with Crippen LogP contribution in [0.4, 0.5) is 0 Å². The molecule has 2 rings (SSSR count). The highest BCUT2D eigenvalue weighted by atomic mass is 79.9. The van der Waals surface area contributed by atoms with Gasteiger partial charge in [-0.25, -0.2) is 0 Å². The van der Waals surface area contributed by atoms with E-state index in [1.807, 2.05) is 12.1 Å². The Labute approximate surface area is 128 Å². The van der Waals surface area contributed by atoms with E-state index in [0.29, 0.717) is 0 Å². The van der Waals surface area contributed by atoms with Crippen LogP contribution in [0.2, 0.25) is 5.02 Å². The van der Waals surface area contributed by atoms with Crippen LogP contribution in [-0.4, -0.2) is 6.54 Å². The molecule has 0 radical (unpaired) electrons. The molecule has 0 heterocycles. The number of hydrogen-bond donors (Lipinski definition) is 1. The first-order valence-electron chi connectivity index (χ1n) is 6.36. The summed E-state index contributed by atoms with van der Waals surface area (Å²) in [4.78, 5) is 0. The van der Waals surface area contributed by atoms with Gasteiger partial charge in [0.25, 0.3) is 0 Å². The van der Waals surface area contributed by atoms with E-state index in [-0.39, 0.29) is 6.04 Å². The Morgan fingerprint density at radius 2 is 2.00 bits per heavy atom. The van der Waals surface area contributed by atoms with Gasteiger partial charge in [-0.2, -0.15) is 0 Å². The fourth-order valence-corrected chi connectivity index (χ4v) is 2.98. The normalized spacial score (nSPS) is 12.4. The molecule has 0 amide bonds. The molecule has 0 saturated heterocycles. The molecule has 1 N–H and O–H groups in total. The van der Waals surface area contributed by atoms with Gasteiger partial charge in [0, 0.05) is 9.50 Å². The highest BCUT2D eigenvalue weighted by Gasteiger charge is 2.16. The lowest BCUT2D eigenvalue weighted by Crippen LogP contribution is -2.22. The first-order valence-corrected chi connectivity index (χ1v) is 7.54. The Hall–Kier alpha value is -0.830. The van der Waals surface area contributed by atoms with Crippen LogP contribution in [0.1, 0.15) is 29.7 Å². The molecule has 0 aromatic heterocycles. The monoisotopic (exact) mass is 337 g/mol. The maximum Gasteiger partial charge on any atom is 0.0591 e. The van der Waals surface area contributed by atoms with Gasteiger partial charge < -0.3 is 5.32 Å². The molecular weight excluding hydrogens is 322 g/mol. The summed E-state index contributed by atoms with van der Waals surface area (Å²) in [6, 6.07) is 14.7. The molecule has 100 valence electrons. The molecule has 1 atom stereocenters. The second-order valence-corrected chi connectivity index (χ2v) is 5.89. The molecule has 19 heavy (non-hydrogen) atoms. The largest absolute Gasteiger partial charge is 0.306 e. The van der Waals surface area contributed by atoms with Crippen molar-refractivity contribution in [1.29, 1.82) is 0 Å². The van der Waals surface area contributed by atoms with Gasteiger partial charge in [-0.1, -0.05) is 70.3 Å². The van der Waals surface area contributed by atoms with Crippen LogP contribution in [-0.2, 0) is 0 Å². The lowest BCUT2D eigenvalue weighted by molar-refractivity contribution is 0.630. The van der Waals surface area contributed by atoms with Crippen molar-refractivity contribution in [2.75, 3.05) is 6.54 Å². The van der Waals surface area contributed by atoms with Crippen LogP contribution in [0.25, 0.3) is 0 Å². The number of benzene rings is 2. The van der Waals surface area contributed by atoms with Crippen molar-refractivity contribution in [2.45, 2.75) is 19.9 Å². The zero-order chi connectivity index (χ0) is 13.8. The Morgan fingerprint density at radius 3 is 2.63 bits per heavy atom. The minimum Gasteiger partial charge on any atom is -0.306 e. The molecule has 2 aromatic rings. The van der Waals surface area contributed by atoms with Crippen LogP contribution >= 0.6 is 27.5 Å². The third-order valence-electron chi connectivity index (χ3n) is 3.06. The predicted octanol–water partition coefficient (Wildman–Crippen LogP) is 5.11. The van der Waals surface area contributed by atoms with Crippen molar-refractivity contribution in [3.8, 4) is 0 Å². The molecule has 0 fully saturated rings. The molecule has 0 bridgehead atoms. The van der Waals surface area contributed by atoms with Crippen molar-refractivity contribution in [3.63, 3.8) is 0 Å². The van der Waals surface area contributed by atoms with Gasteiger partial charge >= 0.3 is 0 Å². The van der Waals surface area contributed by atoms with Gasteiger partial charge in [0.1, 0.15) is 0 Å². The standard InChI is InChI=1S/C16H17BrClN/c1-3-19-16(12-6-4-5-11(2)9-12)14-8-7-13(17)10-15(14)18/h4-10,16,19H,3H2,1-2H3. The number of aryl methyl sites for hydroxylation is 1. The third kappa shape index (κ3) is 3.59. The molecule has 0 aliphatic carbocycles. The van der Waals surface area contributed by atoms with E-state index in [9.17, 15) is 0 Å². The van der Waals surface area contributed by atoms with E-state index >= 15 is 0 Å². The lowest BCUT2D eigenvalue weighted by atomic mass is 9.97. The molecule has 1 nitrogen and oxygen atoms in total. The van der Waals surface area contributed by atoms with Crippen LogP contribution in [0.5, 0.6) is 0 Å². The lowest BCUT2D eigenvalue weighted by Gasteiger charge is -2.20. The van der Waals surface area contributed by atoms with Crippen molar-refractivity contribution >= 4 is 27.5 Å². The molecule has 3 heteroatoms. The third-order valence-corrected chi connectivity index (χ3v) is 3.88. The quantitative estimate of drug-likeness (QED) is 0.817. The molecule has 0 spiro atoms. The van der Waals surface area contributed by atoms with Crippen molar-refractivity contribution in [1.82, 2.24) is 5.32 Å². The minimum atomic E-state index is 0.130. The van der Waals surface area contributed by atoms with E-state index in [1.165, 1.54) is 11.1 Å². The fraction of sp³-hybridized carbons (Fsp3) is 0.250. The summed E-state index contributed by atoms with van der Waals surface area (Å²) in [7, 11) is 0. The summed E-state index contributed by atoms with van der Waals surface area (Å²) in [6.07, 6.45) is 0. The Kier molecular flexibility index (Phi) is 5.03. The zero-order valence-corrected chi connectivity index (χ0v) is 13.4. The summed E-state index contributed by atoms with van der Waals surface area (Å²) in [5.74, 6) is 0. The van der Waals surface area contributed by atoms with E-state index in [4.69, 9.17) is 11.6 Å². The first kappa shape index (κ1) is 14.6. The van der Waals surface area contributed by atoms with Crippen LogP contribution in [0.3, 0.4) is 0 Å². The number of hydrogen-bond acceptors (Lipinski definition) is 1. The van der Waals surface area contributed by atoms with Gasteiger partial charge in [0.2, 0.25) is 0 Å². The Bertz CT molecular complexity index is 568. The van der Waals surface area contributed by atoms with Gasteiger partial charge in [0.15, 0.2) is 0 Å². The molecular formula is C16H17BrClN. The SMILES string of the molecule is CCNC(c1cccc(C)c1)c1ccc(Br)cc1Cl. The van der Waals surface area contributed by atoms with E-state index in [2.05, 4.69) is 65.4 Å². The Morgan fingerprint density at radius 1 is 1.21 bits per heavy atom. The highest BCUT2D eigenvalue weighted by Crippen LogP contribution is 2.30. The van der Waals surface area contributed by atoms with E-state index in [1.54, 1.807) is 0 Å². The molecule has 2 aromatic carbocycles. The van der Waals surface area contributed by atoms with Gasteiger partial charge in [-0.05, 0) is 36.7 Å². The second kappa shape index (κ2) is 6.56. The smallest absolute Gasteiger partial charge is 0.0591 e. The predicted molar refractivity (Wildman–Crippen MR) is 85.9 cm³/mol. The summed E-state index contributed by atoms with van der Waals surface area (Å²) in [5, 5.41) is 4.28. The molecule has 1 unspecified atom stereocenters. The zero-order valence-electron chi connectivity index (χ0n) is 11.1. The fourth-order valence-electron chi connectivity index (χ4n) is 2.20. The van der Waals surface area contributed by atoms with Gasteiger partial charge in [-0.15, -0.1) is 0 Å². The Balaban J connectivity index is 2.45. The number of halogens is 2. The summed E-state index contributed by atoms with van der Waals surface area (Å²) in [6.45, 7) is 5.11. The maximum atomic E-state index is 6.38. The van der Waals surface area contributed by atoms with Crippen molar-refractivity contribution in [2.24, 2.45) is 0 Å². The van der Waals surface area contributed by atoms with Crippen molar-refractivity contribution < 1.29 is 0 Å².